The number of carboxylic acid groups (broad SMARTS) is 1. The molecule has 0 radical (unpaired) electrons. The number of nitrogens with one attached hydrogen (secondary N) is 2. The molecule has 3 rings (SSSR count). The molecule has 8 heteroatoms. The van der Waals surface area contributed by atoms with Gasteiger partial charge in [-0.05, 0) is 67.4 Å². The van der Waals surface area contributed by atoms with Gasteiger partial charge in [-0.1, -0.05) is 36.7 Å². The number of carbonyl (C=O) groups is 3. The van der Waals surface area contributed by atoms with Gasteiger partial charge < -0.3 is 15.7 Å². The SMILES string of the molecule is CCC(Sc1cccc(NC(=O)c2cccc(Cl)c2)c1)C(=O)Nc1cc(C(=O)O)ccc1C. The molecule has 3 aromatic carbocycles. The number of anilines is 2. The maximum absolute atomic E-state index is 12.9. The van der Waals surface area contributed by atoms with Crippen LogP contribution >= 0.6 is 23.4 Å². The number of carbonyl (C=O) groups excluding carboxylic acids is 2. The van der Waals surface area contributed by atoms with Crippen LogP contribution in [0.3, 0.4) is 0 Å². The third-order valence-electron chi connectivity index (χ3n) is 4.86. The van der Waals surface area contributed by atoms with E-state index >= 15 is 0 Å². The van der Waals surface area contributed by atoms with Crippen LogP contribution in [0.4, 0.5) is 11.4 Å². The van der Waals surface area contributed by atoms with Crippen LogP contribution < -0.4 is 10.6 Å². The van der Waals surface area contributed by atoms with Crippen molar-refractivity contribution in [3.05, 3.63) is 88.4 Å². The number of carboxylic acids is 1. The number of hydrogen-bond donors (Lipinski definition) is 3. The number of rotatable bonds is 8. The summed E-state index contributed by atoms with van der Waals surface area (Å²) in [6.45, 7) is 3.71. The predicted octanol–water partition coefficient (Wildman–Crippen LogP) is 6.11. The Balaban J connectivity index is 1.70. The van der Waals surface area contributed by atoms with E-state index in [4.69, 9.17) is 11.6 Å². The van der Waals surface area contributed by atoms with Gasteiger partial charge in [-0.25, -0.2) is 4.79 Å². The molecule has 0 fully saturated rings. The van der Waals surface area contributed by atoms with Crippen molar-refractivity contribution < 1.29 is 19.5 Å². The monoisotopic (exact) mass is 482 g/mol. The minimum Gasteiger partial charge on any atom is -0.478 e. The summed E-state index contributed by atoms with van der Waals surface area (Å²) in [6, 6.07) is 18.6. The van der Waals surface area contributed by atoms with Crippen molar-refractivity contribution in [2.75, 3.05) is 10.6 Å². The Morgan fingerprint density at radius 3 is 2.42 bits per heavy atom. The van der Waals surface area contributed by atoms with E-state index in [1.807, 2.05) is 13.0 Å². The molecule has 0 saturated carbocycles. The molecule has 1 unspecified atom stereocenters. The maximum Gasteiger partial charge on any atom is 0.335 e. The Labute approximate surface area is 201 Å². The van der Waals surface area contributed by atoms with Gasteiger partial charge in [0.25, 0.3) is 5.91 Å². The topological polar surface area (TPSA) is 95.5 Å². The minimum absolute atomic E-state index is 0.111. The van der Waals surface area contributed by atoms with Crippen LogP contribution in [0, 0.1) is 6.92 Å². The van der Waals surface area contributed by atoms with Crippen LogP contribution in [-0.4, -0.2) is 28.1 Å². The van der Waals surface area contributed by atoms with Gasteiger partial charge in [0.05, 0.1) is 10.8 Å². The fraction of sp³-hybridized carbons (Fsp3) is 0.160. The van der Waals surface area contributed by atoms with Gasteiger partial charge in [0.15, 0.2) is 0 Å². The summed E-state index contributed by atoms with van der Waals surface area (Å²) in [4.78, 5) is 37.5. The molecule has 1 atom stereocenters. The lowest BCUT2D eigenvalue weighted by Gasteiger charge is -2.17. The fourth-order valence-electron chi connectivity index (χ4n) is 3.07. The minimum atomic E-state index is -1.05. The molecule has 170 valence electrons. The van der Waals surface area contributed by atoms with Crippen molar-refractivity contribution in [2.24, 2.45) is 0 Å². The first kappa shape index (κ1) is 24.4. The molecule has 0 aliphatic heterocycles. The zero-order valence-corrected chi connectivity index (χ0v) is 19.7. The quantitative estimate of drug-likeness (QED) is 0.337. The summed E-state index contributed by atoms with van der Waals surface area (Å²) >= 11 is 7.33. The molecule has 0 saturated heterocycles. The summed E-state index contributed by atoms with van der Waals surface area (Å²) in [6.07, 6.45) is 0.563. The molecule has 0 aliphatic carbocycles. The molecule has 0 aliphatic rings. The van der Waals surface area contributed by atoms with E-state index in [9.17, 15) is 19.5 Å². The molecule has 0 aromatic heterocycles. The highest BCUT2D eigenvalue weighted by molar-refractivity contribution is 8.00. The molecule has 3 aromatic rings. The second kappa shape index (κ2) is 11.0. The van der Waals surface area contributed by atoms with Gasteiger partial charge >= 0.3 is 5.97 Å². The molecule has 6 nitrogen and oxygen atoms in total. The Hall–Kier alpha value is -3.29. The first-order chi connectivity index (χ1) is 15.8. The van der Waals surface area contributed by atoms with Crippen molar-refractivity contribution >= 4 is 52.5 Å². The van der Waals surface area contributed by atoms with Crippen molar-refractivity contribution in [1.29, 1.82) is 0 Å². The second-order valence-corrected chi connectivity index (χ2v) is 9.04. The van der Waals surface area contributed by atoms with Gasteiger partial charge in [-0.3, -0.25) is 9.59 Å². The second-order valence-electron chi connectivity index (χ2n) is 7.33. The Morgan fingerprint density at radius 1 is 0.970 bits per heavy atom. The highest BCUT2D eigenvalue weighted by Gasteiger charge is 2.20. The maximum atomic E-state index is 12.9. The van der Waals surface area contributed by atoms with Crippen LogP contribution in [0.1, 0.15) is 39.6 Å². The van der Waals surface area contributed by atoms with Crippen LogP contribution in [-0.2, 0) is 4.79 Å². The fourth-order valence-corrected chi connectivity index (χ4v) is 4.27. The Bertz CT molecular complexity index is 1200. The lowest BCUT2D eigenvalue weighted by Crippen LogP contribution is -2.25. The lowest BCUT2D eigenvalue weighted by atomic mass is 10.1. The van der Waals surface area contributed by atoms with E-state index in [1.165, 1.54) is 23.9 Å². The zero-order chi connectivity index (χ0) is 24.0. The van der Waals surface area contributed by atoms with Crippen molar-refractivity contribution in [3.63, 3.8) is 0 Å². The molecule has 2 amide bonds. The van der Waals surface area contributed by atoms with Crippen LogP contribution in [0.25, 0.3) is 0 Å². The number of benzene rings is 3. The van der Waals surface area contributed by atoms with Gasteiger partial charge in [-0.2, -0.15) is 0 Å². The zero-order valence-electron chi connectivity index (χ0n) is 18.1. The molecular weight excluding hydrogens is 460 g/mol. The Morgan fingerprint density at radius 2 is 1.73 bits per heavy atom. The molecule has 3 N–H and O–H groups in total. The van der Waals surface area contributed by atoms with Crippen LogP contribution in [0.15, 0.2) is 71.6 Å². The molecule has 33 heavy (non-hydrogen) atoms. The van der Waals surface area contributed by atoms with Crippen molar-refractivity contribution in [1.82, 2.24) is 0 Å². The van der Waals surface area contributed by atoms with Gasteiger partial charge in [0.1, 0.15) is 0 Å². The highest BCUT2D eigenvalue weighted by Crippen LogP contribution is 2.29. The molecule has 0 heterocycles. The number of aryl methyl sites for hydroxylation is 1. The largest absolute Gasteiger partial charge is 0.478 e. The summed E-state index contributed by atoms with van der Waals surface area (Å²) < 4.78 is 0. The van der Waals surface area contributed by atoms with Crippen LogP contribution in [0.2, 0.25) is 5.02 Å². The van der Waals surface area contributed by atoms with E-state index in [0.717, 1.165) is 10.5 Å². The van der Waals surface area contributed by atoms with Crippen molar-refractivity contribution in [2.45, 2.75) is 30.4 Å². The van der Waals surface area contributed by atoms with Gasteiger partial charge in [-0.15, -0.1) is 11.8 Å². The van der Waals surface area contributed by atoms with E-state index < -0.39 is 11.2 Å². The smallest absolute Gasteiger partial charge is 0.335 e. The van der Waals surface area contributed by atoms with E-state index in [2.05, 4.69) is 10.6 Å². The number of aromatic carboxylic acids is 1. The first-order valence-corrected chi connectivity index (χ1v) is 11.5. The van der Waals surface area contributed by atoms with E-state index in [-0.39, 0.29) is 17.4 Å². The number of amides is 2. The summed E-state index contributed by atoms with van der Waals surface area (Å²) in [5.74, 6) is -1.55. The number of thioether (sulfide) groups is 1. The lowest BCUT2D eigenvalue weighted by molar-refractivity contribution is -0.115. The Kier molecular flexibility index (Phi) is 8.14. The highest BCUT2D eigenvalue weighted by atomic mass is 35.5. The molecule has 0 spiro atoms. The third-order valence-corrected chi connectivity index (χ3v) is 6.46. The summed E-state index contributed by atoms with van der Waals surface area (Å²) in [5.41, 5.74) is 2.41. The summed E-state index contributed by atoms with van der Waals surface area (Å²) in [7, 11) is 0. The normalized spacial score (nSPS) is 11.5. The average molecular weight is 483 g/mol. The first-order valence-electron chi connectivity index (χ1n) is 10.2. The molecule has 0 bridgehead atoms. The predicted molar refractivity (Wildman–Crippen MR) is 133 cm³/mol. The van der Waals surface area contributed by atoms with E-state index in [0.29, 0.717) is 28.4 Å². The number of halogens is 1. The standard InChI is InChI=1S/C25H23ClN2O4S/c1-3-22(24(30)28-21-13-17(25(31)32)11-10-15(21)2)33-20-9-5-8-19(14-20)27-23(29)16-6-4-7-18(26)12-16/h4-14,22H,3H2,1-2H3,(H,27,29)(H,28,30)(H,31,32). The summed E-state index contributed by atoms with van der Waals surface area (Å²) in [5, 5.41) is 15.0. The van der Waals surface area contributed by atoms with E-state index in [1.54, 1.807) is 55.5 Å². The number of hydrogen-bond acceptors (Lipinski definition) is 4. The third kappa shape index (κ3) is 6.60. The van der Waals surface area contributed by atoms with Crippen molar-refractivity contribution in [3.8, 4) is 0 Å². The van der Waals surface area contributed by atoms with Crippen LogP contribution in [0.5, 0.6) is 0 Å². The van der Waals surface area contributed by atoms with Gasteiger partial charge in [0, 0.05) is 26.9 Å². The molecular formula is C25H23ClN2O4S. The van der Waals surface area contributed by atoms with Gasteiger partial charge in [0.2, 0.25) is 5.91 Å². The average Bonchev–Trinajstić information content (AvgIpc) is 2.79.